The summed E-state index contributed by atoms with van der Waals surface area (Å²) < 4.78 is 0. The number of nitrogens with zero attached hydrogens (tertiary/aromatic N) is 1. The summed E-state index contributed by atoms with van der Waals surface area (Å²) in [5.74, 6) is -0.268. The lowest BCUT2D eigenvalue weighted by Gasteiger charge is -2.26. The van der Waals surface area contributed by atoms with E-state index in [4.69, 9.17) is 0 Å². The Labute approximate surface area is 113 Å². The monoisotopic (exact) mass is 263 g/mol. The van der Waals surface area contributed by atoms with Gasteiger partial charge in [-0.05, 0) is 38.0 Å². The number of carbonyl (C=O) groups is 2. The van der Waals surface area contributed by atoms with E-state index in [0.717, 1.165) is 38.5 Å². The Morgan fingerprint density at radius 3 is 2.74 bits per heavy atom. The molecule has 1 saturated heterocycles. The summed E-state index contributed by atoms with van der Waals surface area (Å²) in [5, 5.41) is 9.53. The molecule has 1 N–H and O–H groups in total. The molecule has 2 aliphatic carbocycles. The Balaban J connectivity index is 1.73. The van der Waals surface area contributed by atoms with Gasteiger partial charge in [0, 0.05) is 19.0 Å². The molecule has 4 nitrogen and oxygen atoms in total. The molecule has 1 aliphatic heterocycles. The predicted molar refractivity (Wildman–Crippen MR) is 70.5 cm³/mol. The number of hydrogen-bond donors (Lipinski definition) is 1. The first-order valence-corrected chi connectivity index (χ1v) is 7.31. The van der Waals surface area contributed by atoms with Gasteiger partial charge in [0.2, 0.25) is 5.91 Å². The minimum atomic E-state index is -0.700. The molecule has 3 atom stereocenters. The third-order valence-corrected chi connectivity index (χ3v) is 5.23. The lowest BCUT2D eigenvalue weighted by molar-refractivity contribution is -0.149. The Hall–Kier alpha value is -1.32. The van der Waals surface area contributed by atoms with Gasteiger partial charge in [0.05, 0.1) is 5.41 Å². The second-order valence-electron chi connectivity index (χ2n) is 6.25. The van der Waals surface area contributed by atoms with Gasteiger partial charge in [0.1, 0.15) is 0 Å². The van der Waals surface area contributed by atoms with E-state index in [0.29, 0.717) is 13.1 Å². The van der Waals surface area contributed by atoms with Crippen LogP contribution in [0.25, 0.3) is 0 Å². The third-order valence-electron chi connectivity index (χ3n) is 5.23. The van der Waals surface area contributed by atoms with Crippen LogP contribution in [0.4, 0.5) is 0 Å². The van der Waals surface area contributed by atoms with E-state index in [1.54, 1.807) is 0 Å². The largest absolute Gasteiger partial charge is 0.481 e. The number of carbonyl (C=O) groups excluding carboxylic acids is 1. The van der Waals surface area contributed by atoms with Gasteiger partial charge in [-0.1, -0.05) is 18.6 Å². The van der Waals surface area contributed by atoms with Crippen molar-refractivity contribution in [3.05, 3.63) is 12.2 Å². The van der Waals surface area contributed by atoms with Crippen molar-refractivity contribution in [2.24, 2.45) is 17.3 Å². The van der Waals surface area contributed by atoms with Crippen LogP contribution in [0.5, 0.6) is 0 Å². The topological polar surface area (TPSA) is 57.6 Å². The minimum Gasteiger partial charge on any atom is -0.481 e. The average Bonchev–Trinajstić information content (AvgIpc) is 2.96. The number of allylic oxidation sites excluding steroid dienone is 2. The molecule has 0 aromatic carbocycles. The highest BCUT2D eigenvalue weighted by Gasteiger charge is 2.56. The number of carboxylic acids is 1. The number of hydrogen-bond acceptors (Lipinski definition) is 2. The number of aliphatic carboxylic acids is 1. The predicted octanol–water partition coefficient (Wildman–Crippen LogP) is 2.06. The standard InChI is InChI=1S/C15H21NO3/c17-13(11-5-2-1-3-6-11)16-9-12-7-4-8-15(12,10-16)14(18)19/h1-2,11-12H,3-10H2,(H,18,19)/t11?,12-,15+/m0/s1. The zero-order valence-electron chi connectivity index (χ0n) is 11.2. The van der Waals surface area contributed by atoms with Crippen molar-refractivity contribution < 1.29 is 14.7 Å². The first-order chi connectivity index (χ1) is 9.13. The van der Waals surface area contributed by atoms with Crippen molar-refractivity contribution in [2.45, 2.75) is 38.5 Å². The molecule has 1 heterocycles. The fraction of sp³-hybridized carbons (Fsp3) is 0.733. The molecular formula is C15H21NO3. The summed E-state index contributed by atoms with van der Waals surface area (Å²) in [7, 11) is 0. The van der Waals surface area contributed by atoms with Gasteiger partial charge in [-0.15, -0.1) is 0 Å². The Morgan fingerprint density at radius 1 is 1.26 bits per heavy atom. The quantitative estimate of drug-likeness (QED) is 0.776. The van der Waals surface area contributed by atoms with Crippen LogP contribution in [0, 0.1) is 17.3 Å². The molecule has 0 radical (unpaired) electrons. The molecule has 2 fully saturated rings. The lowest BCUT2D eigenvalue weighted by Crippen LogP contribution is -2.39. The fourth-order valence-electron chi connectivity index (χ4n) is 4.08. The van der Waals surface area contributed by atoms with Gasteiger partial charge >= 0.3 is 5.97 Å². The summed E-state index contributed by atoms with van der Waals surface area (Å²) in [6, 6.07) is 0. The molecule has 0 aromatic heterocycles. The van der Waals surface area contributed by atoms with Crippen LogP contribution in [0.2, 0.25) is 0 Å². The lowest BCUT2D eigenvalue weighted by atomic mass is 9.81. The highest BCUT2D eigenvalue weighted by Crippen LogP contribution is 2.49. The Kier molecular flexibility index (Phi) is 3.11. The number of rotatable bonds is 2. The second kappa shape index (κ2) is 4.66. The van der Waals surface area contributed by atoms with E-state index < -0.39 is 11.4 Å². The van der Waals surface area contributed by atoms with Gasteiger partial charge in [0.25, 0.3) is 0 Å². The zero-order valence-corrected chi connectivity index (χ0v) is 11.2. The van der Waals surface area contributed by atoms with E-state index in [1.807, 2.05) is 4.90 Å². The molecule has 1 saturated carbocycles. The van der Waals surface area contributed by atoms with Crippen LogP contribution in [0.1, 0.15) is 38.5 Å². The number of carboxylic acid groups (broad SMARTS) is 1. The summed E-state index contributed by atoms with van der Waals surface area (Å²) >= 11 is 0. The van der Waals surface area contributed by atoms with Crippen LogP contribution in [0.15, 0.2) is 12.2 Å². The van der Waals surface area contributed by atoms with Crippen LogP contribution < -0.4 is 0 Å². The smallest absolute Gasteiger partial charge is 0.311 e. The molecule has 4 heteroatoms. The Morgan fingerprint density at radius 2 is 2.11 bits per heavy atom. The van der Waals surface area contributed by atoms with Crippen LogP contribution in [0.3, 0.4) is 0 Å². The van der Waals surface area contributed by atoms with Gasteiger partial charge in [-0.3, -0.25) is 9.59 Å². The summed E-state index contributed by atoms with van der Waals surface area (Å²) in [5.41, 5.74) is -0.639. The molecule has 0 bridgehead atoms. The SMILES string of the molecule is O=C(C1CC=CCC1)N1C[C@@H]2CCC[C@@]2(C(=O)O)C1. The van der Waals surface area contributed by atoms with Crippen molar-refractivity contribution in [1.82, 2.24) is 4.90 Å². The number of likely N-dealkylation sites (tertiary alicyclic amines) is 1. The maximum absolute atomic E-state index is 12.5. The Bertz CT molecular complexity index is 431. The van der Waals surface area contributed by atoms with Crippen molar-refractivity contribution in [3.8, 4) is 0 Å². The summed E-state index contributed by atoms with van der Waals surface area (Å²) in [6.07, 6.45) is 9.60. The molecule has 0 aromatic rings. The van der Waals surface area contributed by atoms with Crippen LogP contribution in [-0.4, -0.2) is 35.0 Å². The van der Waals surface area contributed by atoms with Crippen LogP contribution in [-0.2, 0) is 9.59 Å². The molecule has 19 heavy (non-hydrogen) atoms. The van der Waals surface area contributed by atoms with Gasteiger partial charge in [-0.25, -0.2) is 0 Å². The maximum atomic E-state index is 12.5. The van der Waals surface area contributed by atoms with Crippen molar-refractivity contribution in [1.29, 1.82) is 0 Å². The van der Waals surface area contributed by atoms with Gasteiger partial charge in [-0.2, -0.15) is 0 Å². The summed E-state index contributed by atoms with van der Waals surface area (Å²) in [4.78, 5) is 25.9. The van der Waals surface area contributed by atoms with E-state index in [-0.39, 0.29) is 17.7 Å². The van der Waals surface area contributed by atoms with E-state index >= 15 is 0 Å². The van der Waals surface area contributed by atoms with Crippen molar-refractivity contribution in [3.63, 3.8) is 0 Å². The van der Waals surface area contributed by atoms with Crippen molar-refractivity contribution in [2.75, 3.05) is 13.1 Å². The highest BCUT2D eigenvalue weighted by atomic mass is 16.4. The van der Waals surface area contributed by atoms with Crippen molar-refractivity contribution >= 4 is 11.9 Å². The fourth-order valence-corrected chi connectivity index (χ4v) is 4.08. The number of fused-ring (bicyclic) bond motifs is 1. The van der Waals surface area contributed by atoms with Gasteiger partial charge in [0.15, 0.2) is 0 Å². The second-order valence-corrected chi connectivity index (χ2v) is 6.25. The number of amides is 1. The normalized spacial score (nSPS) is 37.4. The molecule has 1 unspecified atom stereocenters. The average molecular weight is 263 g/mol. The summed E-state index contributed by atoms with van der Waals surface area (Å²) in [6.45, 7) is 1.09. The molecule has 3 aliphatic rings. The van der Waals surface area contributed by atoms with E-state index in [1.165, 1.54) is 0 Å². The molecule has 1 amide bonds. The molecule has 104 valence electrons. The first kappa shape index (κ1) is 12.7. The van der Waals surface area contributed by atoms with E-state index in [2.05, 4.69) is 12.2 Å². The minimum absolute atomic E-state index is 0.0784. The molecular weight excluding hydrogens is 242 g/mol. The molecule has 0 spiro atoms. The molecule has 3 rings (SSSR count). The third kappa shape index (κ3) is 1.97. The highest BCUT2D eigenvalue weighted by molar-refractivity contribution is 5.83. The zero-order chi connectivity index (χ0) is 13.5. The maximum Gasteiger partial charge on any atom is 0.311 e. The van der Waals surface area contributed by atoms with Crippen LogP contribution >= 0.6 is 0 Å². The first-order valence-electron chi connectivity index (χ1n) is 7.31. The van der Waals surface area contributed by atoms with E-state index in [9.17, 15) is 14.7 Å². The van der Waals surface area contributed by atoms with Gasteiger partial charge < -0.3 is 10.0 Å².